The number of rotatable bonds is 1. The van der Waals surface area contributed by atoms with Gasteiger partial charge < -0.3 is 5.32 Å². The minimum absolute atomic E-state index is 0.179. The fraction of sp³-hybridized carbons (Fsp3) is 0.400. The quantitative estimate of drug-likeness (QED) is 0.787. The lowest BCUT2D eigenvalue weighted by molar-refractivity contribution is -0.138. The van der Waals surface area contributed by atoms with E-state index in [1.54, 1.807) is 0 Å². The van der Waals surface area contributed by atoms with E-state index in [4.69, 9.17) is 11.6 Å². The molecular weight excluding hydrogens is 227 g/mol. The molecule has 0 amide bonds. The number of alkyl halides is 3. The Hall–Kier alpha value is -0.740. The van der Waals surface area contributed by atoms with Gasteiger partial charge in [0.1, 0.15) is 0 Å². The molecule has 1 atom stereocenters. The average Bonchev–Trinajstić information content (AvgIpc) is 2.03. The van der Waals surface area contributed by atoms with Crippen LogP contribution in [0.3, 0.4) is 0 Å². The molecule has 0 spiro atoms. The summed E-state index contributed by atoms with van der Waals surface area (Å²) in [4.78, 5) is 0. The first-order valence-corrected chi connectivity index (χ1v) is 4.97. The molecule has 0 unspecified atom stereocenters. The van der Waals surface area contributed by atoms with Crippen molar-refractivity contribution in [1.29, 1.82) is 0 Å². The van der Waals surface area contributed by atoms with Crippen LogP contribution in [0.25, 0.3) is 0 Å². The van der Waals surface area contributed by atoms with Crippen molar-refractivity contribution in [3.05, 3.63) is 34.3 Å². The SMILES string of the molecule is FC(F)(F)c1cccc(Cl)c1[C@H]1CCN1. The molecule has 1 N–H and O–H groups in total. The van der Waals surface area contributed by atoms with Crippen LogP contribution in [0, 0.1) is 0 Å². The molecule has 1 aliphatic heterocycles. The van der Waals surface area contributed by atoms with Crippen LogP contribution in [0.1, 0.15) is 23.6 Å². The van der Waals surface area contributed by atoms with Crippen LogP contribution in [0.5, 0.6) is 0 Å². The van der Waals surface area contributed by atoms with Crippen LogP contribution in [0.15, 0.2) is 18.2 Å². The van der Waals surface area contributed by atoms with Crippen molar-refractivity contribution < 1.29 is 13.2 Å². The standard InChI is InChI=1S/C10H9ClF3N/c11-7-3-1-2-6(10(12,13)14)9(7)8-4-5-15-8/h1-3,8,15H,4-5H2/t8-/m1/s1. The van der Waals surface area contributed by atoms with Gasteiger partial charge in [0, 0.05) is 11.1 Å². The summed E-state index contributed by atoms with van der Waals surface area (Å²) >= 11 is 5.80. The molecule has 1 saturated heterocycles. The normalized spacial score (nSPS) is 21.2. The Morgan fingerprint density at radius 3 is 2.47 bits per heavy atom. The second kappa shape index (κ2) is 3.68. The summed E-state index contributed by atoms with van der Waals surface area (Å²) in [5.74, 6) is 0. The zero-order valence-corrected chi connectivity index (χ0v) is 8.49. The predicted octanol–water partition coefficient (Wildman–Crippen LogP) is 3.39. The first-order chi connectivity index (χ1) is 7.00. The highest BCUT2D eigenvalue weighted by molar-refractivity contribution is 6.31. The first kappa shape index (κ1) is 10.8. The fourth-order valence-electron chi connectivity index (χ4n) is 1.67. The molecular formula is C10H9ClF3N. The highest BCUT2D eigenvalue weighted by atomic mass is 35.5. The van der Waals surface area contributed by atoms with Gasteiger partial charge in [0.15, 0.2) is 0 Å². The van der Waals surface area contributed by atoms with Crippen molar-refractivity contribution >= 4 is 11.6 Å². The van der Waals surface area contributed by atoms with Gasteiger partial charge in [-0.15, -0.1) is 0 Å². The van der Waals surface area contributed by atoms with Crippen LogP contribution in [0.2, 0.25) is 5.02 Å². The number of hydrogen-bond acceptors (Lipinski definition) is 1. The molecule has 1 heterocycles. The van der Waals surface area contributed by atoms with E-state index in [2.05, 4.69) is 5.32 Å². The highest BCUT2D eigenvalue weighted by Gasteiger charge is 2.37. The van der Waals surface area contributed by atoms with Gasteiger partial charge in [-0.25, -0.2) is 0 Å². The van der Waals surface area contributed by atoms with Crippen LogP contribution in [-0.4, -0.2) is 6.54 Å². The van der Waals surface area contributed by atoms with Crippen LogP contribution in [0.4, 0.5) is 13.2 Å². The molecule has 0 bridgehead atoms. The van der Waals surface area contributed by atoms with Gasteiger partial charge in [0.25, 0.3) is 0 Å². The maximum absolute atomic E-state index is 12.7. The van der Waals surface area contributed by atoms with Crippen molar-refractivity contribution in [3.63, 3.8) is 0 Å². The zero-order valence-electron chi connectivity index (χ0n) is 7.74. The molecule has 1 nitrogen and oxygen atoms in total. The Balaban J connectivity index is 2.48. The van der Waals surface area contributed by atoms with Gasteiger partial charge in [-0.2, -0.15) is 13.2 Å². The van der Waals surface area contributed by atoms with E-state index in [-0.39, 0.29) is 16.6 Å². The van der Waals surface area contributed by atoms with Gasteiger partial charge in [-0.1, -0.05) is 17.7 Å². The zero-order chi connectivity index (χ0) is 11.1. The summed E-state index contributed by atoms with van der Waals surface area (Å²) in [7, 11) is 0. The molecule has 5 heteroatoms. The molecule has 1 aromatic carbocycles. The Morgan fingerprint density at radius 1 is 1.33 bits per heavy atom. The Kier molecular flexibility index (Phi) is 2.64. The number of benzene rings is 1. The van der Waals surface area contributed by atoms with Crippen molar-refractivity contribution in [3.8, 4) is 0 Å². The maximum atomic E-state index is 12.7. The third kappa shape index (κ3) is 1.96. The van der Waals surface area contributed by atoms with E-state index < -0.39 is 11.7 Å². The maximum Gasteiger partial charge on any atom is 0.416 e. The highest BCUT2D eigenvalue weighted by Crippen LogP contribution is 2.40. The second-order valence-corrected chi connectivity index (χ2v) is 3.90. The molecule has 15 heavy (non-hydrogen) atoms. The van der Waals surface area contributed by atoms with Gasteiger partial charge in [-0.05, 0) is 30.7 Å². The smallest absolute Gasteiger partial charge is 0.310 e. The Labute approximate surface area is 90.2 Å². The molecule has 1 aromatic rings. The van der Waals surface area contributed by atoms with Gasteiger partial charge in [-0.3, -0.25) is 0 Å². The molecule has 82 valence electrons. The van der Waals surface area contributed by atoms with Crippen LogP contribution < -0.4 is 5.32 Å². The fourth-order valence-corrected chi connectivity index (χ4v) is 1.98. The Bertz CT molecular complexity index is 371. The lowest BCUT2D eigenvalue weighted by Gasteiger charge is -2.31. The predicted molar refractivity (Wildman–Crippen MR) is 51.8 cm³/mol. The largest absolute Gasteiger partial charge is 0.416 e. The van der Waals surface area contributed by atoms with E-state index in [1.807, 2.05) is 0 Å². The number of hydrogen-bond donors (Lipinski definition) is 1. The van der Waals surface area contributed by atoms with Crippen molar-refractivity contribution in [1.82, 2.24) is 5.32 Å². The summed E-state index contributed by atoms with van der Waals surface area (Å²) < 4.78 is 38.0. The summed E-state index contributed by atoms with van der Waals surface area (Å²) in [5.41, 5.74) is -0.454. The lowest BCUT2D eigenvalue weighted by Crippen LogP contribution is -2.36. The number of halogens is 4. The van der Waals surface area contributed by atoms with E-state index in [0.29, 0.717) is 6.42 Å². The average molecular weight is 236 g/mol. The van der Waals surface area contributed by atoms with E-state index >= 15 is 0 Å². The monoisotopic (exact) mass is 235 g/mol. The second-order valence-electron chi connectivity index (χ2n) is 3.49. The number of nitrogens with one attached hydrogen (secondary N) is 1. The van der Waals surface area contributed by atoms with Gasteiger partial charge in [0.2, 0.25) is 0 Å². The minimum Gasteiger partial charge on any atom is -0.310 e. The van der Waals surface area contributed by atoms with Crippen molar-refractivity contribution in [2.24, 2.45) is 0 Å². The topological polar surface area (TPSA) is 12.0 Å². The van der Waals surface area contributed by atoms with Crippen molar-refractivity contribution in [2.45, 2.75) is 18.6 Å². The molecule has 0 radical (unpaired) electrons. The summed E-state index contributed by atoms with van der Waals surface area (Å²) in [5, 5.41) is 3.11. The van der Waals surface area contributed by atoms with Gasteiger partial charge >= 0.3 is 6.18 Å². The van der Waals surface area contributed by atoms with Crippen LogP contribution in [-0.2, 0) is 6.18 Å². The van der Waals surface area contributed by atoms with E-state index in [1.165, 1.54) is 12.1 Å². The summed E-state index contributed by atoms with van der Waals surface area (Å²) in [6.07, 6.45) is -3.63. The molecule has 1 aliphatic rings. The molecule has 0 saturated carbocycles. The van der Waals surface area contributed by atoms with Crippen LogP contribution >= 0.6 is 11.6 Å². The first-order valence-electron chi connectivity index (χ1n) is 4.59. The molecule has 0 aromatic heterocycles. The third-order valence-corrected chi connectivity index (χ3v) is 2.86. The van der Waals surface area contributed by atoms with Gasteiger partial charge in [0.05, 0.1) is 5.56 Å². The lowest BCUT2D eigenvalue weighted by atomic mass is 9.93. The molecule has 1 fully saturated rings. The molecule has 0 aliphatic carbocycles. The van der Waals surface area contributed by atoms with E-state index in [9.17, 15) is 13.2 Å². The Morgan fingerprint density at radius 2 is 2.00 bits per heavy atom. The molecule has 2 rings (SSSR count). The summed E-state index contributed by atoms with van der Waals surface area (Å²) in [6, 6.07) is 3.64. The summed E-state index contributed by atoms with van der Waals surface area (Å²) in [6.45, 7) is 0.743. The third-order valence-electron chi connectivity index (χ3n) is 2.53. The minimum atomic E-state index is -4.34. The van der Waals surface area contributed by atoms with Crippen molar-refractivity contribution in [2.75, 3.05) is 6.54 Å². The van der Waals surface area contributed by atoms with E-state index in [0.717, 1.165) is 12.6 Å².